The molecule has 0 unspecified atom stereocenters. The summed E-state index contributed by atoms with van der Waals surface area (Å²) in [4.78, 5) is 12.3. The van der Waals surface area contributed by atoms with Gasteiger partial charge in [-0.15, -0.1) is 0 Å². The van der Waals surface area contributed by atoms with Crippen LogP contribution in [0.25, 0.3) is 0 Å². The molecule has 0 aliphatic rings. The van der Waals surface area contributed by atoms with Crippen LogP contribution in [-0.4, -0.2) is 22.8 Å². The second-order valence-corrected chi connectivity index (χ2v) is 5.14. The van der Waals surface area contributed by atoms with Crippen molar-refractivity contribution in [1.82, 2.24) is 9.78 Å². The van der Waals surface area contributed by atoms with Gasteiger partial charge < -0.3 is 10.1 Å². The number of hydrogen-bond donors (Lipinski definition) is 1. The molecule has 2 aromatic rings. The topological polar surface area (TPSA) is 56.2 Å². The summed E-state index contributed by atoms with van der Waals surface area (Å²) in [5.74, 6) is 0.491. The second-order valence-electron chi connectivity index (χ2n) is 4.29. The first-order valence-corrected chi connectivity index (χ1v) is 7.03. The molecule has 5 nitrogen and oxygen atoms in total. The van der Waals surface area contributed by atoms with Gasteiger partial charge in [-0.25, -0.2) is 0 Å². The van der Waals surface area contributed by atoms with E-state index in [0.29, 0.717) is 23.7 Å². The number of hydrogen-bond acceptors (Lipinski definition) is 3. The molecule has 1 amide bonds. The van der Waals surface area contributed by atoms with Gasteiger partial charge in [0.15, 0.2) is 0 Å². The number of methoxy groups -OCH3 is 1. The molecule has 1 N–H and O–H groups in total. The van der Waals surface area contributed by atoms with E-state index in [1.807, 2.05) is 26.0 Å². The summed E-state index contributed by atoms with van der Waals surface area (Å²) in [6, 6.07) is 7.19. The Morgan fingerprint density at radius 3 is 2.85 bits per heavy atom. The van der Waals surface area contributed by atoms with Crippen LogP contribution >= 0.6 is 15.9 Å². The van der Waals surface area contributed by atoms with E-state index in [9.17, 15) is 4.79 Å². The summed E-state index contributed by atoms with van der Waals surface area (Å²) in [7, 11) is 1.59. The van der Waals surface area contributed by atoms with Crippen LogP contribution in [0.15, 0.2) is 28.7 Å². The molecular weight excluding hydrogens is 322 g/mol. The number of carbonyl (C=O) groups excluding carboxylic acids is 1. The Kier molecular flexibility index (Phi) is 4.44. The first kappa shape index (κ1) is 14.6. The van der Waals surface area contributed by atoms with Crippen molar-refractivity contribution < 1.29 is 9.53 Å². The average Bonchev–Trinajstić information content (AvgIpc) is 2.82. The van der Waals surface area contributed by atoms with Crippen molar-refractivity contribution in [2.24, 2.45) is 0 Å². The summed E-state index contributed by atoms with van der Waals surface area (Å²) in [6.45, 7) is 4.46. The summed E-state index contributed by atoms with van der Waals surface area (Å²) in [5, 5.41) is 7.13. The molecule has 0 fully saturated rings. The zero-order chi connectivity index (χ0) is 14.7. The standard InChI is InChI=1S/C14H16BrN3O2/c1-4-18-13(7-9(2)17-18)14(19)16-12-8-10(20-3)5-6-11(12)15/h5-8H,4H2,1-3H3,(H,16,19). The van der Waals surface area contributed by atoms with Crippen molar-refractivity contribution in [1.29, 1.82) is 0 Å². The van der Waals surface area contributed by atoms with Crippen LogP contribution < -0.4 is 10.1 Å². The van der Waals surface area contributed by atoms with Crippen molar-refractivity contribution in [2.45, 2.75) is 20.4 Å². The minimum absolute atomic E-state index is 0.193. The van der Waals surface area contributed by atoms with Gasteiger partial charge in [-0.05, 0) is 48.0 Å². The van der Waals surface area contributed by atoms with Crippen LogP contribution in [0.1, 0.15) is 23.1 Å². The van der Waals surface area contributed by atoms with Gasteiger partial charge in [0, 0.05) is 17.1 Å². The third-order valence-electron chi connectivity index (χ3n) is 2.86. The summed E-state index contributed by atoms with van der Waals surface area (Å²) in [5.41, 5.74) is 2.03. The fourth-order valence-electron chi connectivity index (χ4n) is 1.88. The number of aromatic nitrogens is 2. The molecule has 0 spiro atoms. The Bertz CT molecular complexity index is 637. The lowest BCUT2D eigenvalue weighted by Crippen LogP contribution is -2.17. The van der Waals surface area contributed by atoms with Crippen molar-refractivity contribution in [3.05, 3.63) is 40.1 Å². The first-order chi connectivity index (χ1) is 9.55. The van der Waals surface area contributed by atoms with Crippen molar-refractivity contribution in [3.63, 3.8) is 0 Å². The van der Waals surface area contributed by atoms with E-state index < -0.39 is 0 Å². The fourth-order valence-corrected chi connectivity index (χ4v) is 2.23. The number of nitrogens with one attached hydrogen (secondary N) is 1. The highest BCUT2D eigenvalue weighted by Gasteiger charge is 2.14. The van der Waals surface area contributed by atoms with E-state index in [1.165, 1.54) is 0 Å². The predicted molar refractivity (Wildman–Crippen MR) is 81.3 cm³/mol. The fraction of sp³-hybridized carbons (Fsp3) is 0.286. The normalized spacial score (nSPS) is 10.4. The molecular formula is C14H16BrN3O2. The summed E-state index contributed by atoms with van der Waals surface area (Å²) >= 11 is 3.41. The van der Waals surface area contributed by atoms with E-state index in [-0.39, 0.29) is 5.91 Å². The Morgan fingerprint density at radius 1 is 1.45 bits per heavy atom. The lowest BCUT2D eigenvalue weighted by atomic mass is 10.2. The molecule has 0 atom stereocenters. The number of benzene rings is 1. The molecule has 0 saturated carbocycles. The molecule has 6 heteroatoms. The quantitative estimate of drug-likeness (QED) is 0.931. The number of nitrogens with zero attached hydrogens (tertiary/aromatic N) is 2. The Labute approximate surface area is 126 Å². The van der Waals surface area contributed by atoms with Gasteiger partial charge in [0.25, 0.3) is 5.91 Å². The monoisotopic (exact) mass is 337 g/mol. The number of ether oxygens (including phenoxy) is 1. The zero-order valence-corrected chi connectivity index (χ0v) is 13.2. The van der Waals surface area contributed by atoms with Crippen molar-refractivity contribution in [3.8, 4) is 5.75 Å². The van der Waals surface area contributed by atoms with Gasteiger partial charge in [-0.2, -0.15) is 5.10 Å². The molecule has 1 aromatic heterocycles. The van der Waals surface area contributed by atoms with Crippen LogP contribution in [0.5, 0.6) is 5.75 Å². The zero-order valence-electron chi connectivity index (χ0n) is 11.6. The number of amides is 1. The second kappa shape index (κ2) is 6.09. The van der Waals surface area contributed by atoms with E-state index >= 15 is 0 Å². The third kappa shape index (κ3) is 3.01. The highest BCUT2D eigenvalue weighted by atomic mass is 79.9. The molecule has 1 heterocycles. The maximum Gasteiger partial charge on any atom is 0.273 e. The van der Waals surface area contributed by atoms with E-state index in [0.717, 1.165) is 10.2 Å². The maximum absolute atomic E-state index is 12.3. The lowest BCUT2D eigenvalue weighted by Gasteiger charge is -2.10. The molecule has 1 aromatic carbocycles. The minimum atomic E-state index is -0.193. The molecule has 2 rings (SSSR count). The van der Waals surface area contributed by atoms with Crippen LogP contribution in [0.3, 0.4) is 0 Å². The smallest absolute Gasteiger partial charge is 0.273 e. The highest BCUT2D eigenvalue weighted by Crippen LogP contribution is 2.27. The predicted octanol–water partition coefficient (Wildman–Crippen LogP) is 3.23. The Balaban J connectivity index is 2.27. The van der Waals surface area contributed by atoms with Gasteiger partial charge in [0.05, 0.1) is 18.5 Å². The van der Waals surface area contributed by atoms with Crippen molar-refractivity contribution >= 4 is 27.5 Å². The Morgan fingerprint density at radius 2 is 2.20 bits per heavy atom. The van der Waals surface area contributed by atoms with E-state index in [4.69, 9.17) is 4.74 Å². The summed E-state index contributed by atoms with van der Waals surface area (Å²) < 4.78 is 7.63. The number of aryl methyl sites for hydroxylation is 2. The SMILES string of the molecule is CCn1nc(C)cc1C(=O)Nc1cc(OC)ccc1Br. The van der Waals surface area contributed by atoms with Crippen LogP contribution in [0.4, 0.5) is 5.69 Å². The maximum atomic E-state index is 12.3. The largest absolute Gasteiger partial charge is 0.497 e. The minimum Gasteiger partial charge on any atom is -0.497 e. The number of rotatable bonds is 4. The van der Waals surface area contributed by atoms with Crippen LogP contribution in [0, 0.1) is 6.92 Å². The molecule has 0 saturated heterocycles. The van der Waals surface area contributed by atoms with E-state index in [2.05, 4.69) is 26.3 Å². The van der Waals surface area contributed by atoms with Gasteiger partial charge in [0.2, 0.25) is 0 Å². The molecule has 0 radical (unpaired) electrons. The van der Waals surface area contributed by atoms with Gasteiger partial charge in [0.1, 0.15) is 11.4 Å². The molecule has 106 valence electrons. The van der Waals surface area contributed by atoms with E-state index in [1.54, 1.807) is 23.9 Å². The molecule has 0 aliphatic heterocycles. The van der Waals surface area contributed by atoms with Gasteiger partial charge in [-0.1, -0.05) is 0 Å². The lowest BCUT2D eigenvalue weighted by molar-refractivity contribution is 0.101. The Hall–Kier alpha value is -1.82. The van der Waals surface area contributed by atoms with Gasteiger partial charge >= 0.3 is 0 Å². The average molecular weight is 338 g/mol. The molecule has 0 bridgehead atoms. The molecule has 20 heavy (non-hydrogen) atoms. The van der Waals surface area contributed by atoms with Crippen LogP contribution in [0.2, 0.25) is 0 Å². The van der Waals surface area contributed by atoms with Gasteiger partial charge in [-0.3, -0.25) is 9.48 Å². The van der Waals surface area contributed by atoms with Crippen molar-refractivity contribution in [2.75, 3.05) is 12.4 Å². The molecule has 0 aliphatic carbocycles. The number of carbonyl (C=O) groups is 1. The third-order valence-corrected chi connectivity index (χ3v) is 3.55. The van der Waals surface area contributed by atoms with Crippen LogP contribution in [-0.2, 0) is 6.54 Å². The highest BCUT2D eigenvalue weighted by molar-refractivity contribution is 9.10. The number of halogens is 1. The summed E-state index contributed by atoms with van der Waals surface area (Å²) in [6.07, 6.45) is 0. The first-order valence-electron chi connectivity index (χ1n) is 6.24. The number of anilines is 1.